The summed E-state index contributed by atoms with van der Waals surface area (Å²) < 4.78 is 160. The topological polar surface area (TPSA) is 43.4 Å². The molecule has 0 saturated heterocycles. The minimum Gasteiger partial charge on any atom is -0.202 e. The number of alkyl halides is 9. The minimum absolute atomic E-state index is 0.0107. The molecule has 0 saturated carbocycles. The van der Waals surface area contributed by atoms with Gasteiger partial charge in [-0.15, -0.1) is 0 Å². The summed E-state index contributed by atoms with van der Waals surface area (Å²) in [6, 6.07) is 9.43. The molecular weight excluding hydrogens is 655 g/mol. The van der Waals surface area contributed by atoms with Crippen molar-refractivity contribution in [3.8, 4) is 0 Å². The van der Waals surface area contributed by atoms with E-state index in [0.29, 0.717) is 16.7 Å². The van der Waals surface area contributed by atoms with Crippen LogP contribution in [0.3, 0.4) is 0 Å². The fourth-order valence-corrected chi connectivity index (χ4v) is 12.3. The standard InChI is InChI=1S/C31H33F9O3S2/c1-16-10-19(4)25(20(5)11-16)44(26-21(6)12-17(2)13-22(26)7,27-23(8)14-18(3)15-24(27)9)43-45(41,42)31(39,40)29(34,35)28(32,33)30(36,37)38/h10-15H,1-9H3. The Kier molecular flexibility index (Phi) is 9.41. The predicted molar refractivity (Wildman–Crippen MR) is 155 cm³/mol. The molecule has 3 aromatic carbocycles. The number of halogens is 9. The van der Waals surface area contributed by atoms with Gasteiger partial charge in [0.15, 0.2) is 0 Å². The van der Waals surface area contributed by atoms with Crippen molar-refractivity contribution in [2.24, 2.45) is 0 Å². The Morgan fingerprint density at radius 2 is 0.711 bits per heavy atom. The van der Waals surface area contributed by atoms with Gasteiger partial charge in [-0.2, -0.15) is 47.9 Å². The van der Waals surface area contributed by atoms with E-state index < -0.39 is 43.7 Å². The molecule has 0 bridgehead atoms. The summed E-state index contributed by atoms with van der Waals surface area (Å²) in [6.45, 7) is 14.1. The number of aryl methyl sites for hydroxylation is 9. The summed E-state index contributed by atoms with van der Waals surface area (Å²) in [5.41, 5.74) is 3.67. The lowest BCUT2D eigenvalue weighted by Gasteiger charge is -2.46. The molecule has 0 N–H and O–H groups in total. The highest BCUT2D eigenvalue weighted by atomic mass is 32.3. The van der Waals surface area contributed by atoms with Crippen LogP contribution in [0.4, 0.5) is 39.5 Å². The van der Waals surface area contributed by atoms with Crippen LogP contribution in [0.1, 0.15) is 50.1 Å². The number of rotatable bonds is 8. The van der Waals surface area contributed by atoms with Gasteiger partial charge in [-0.05, 0) is 106 Å². The molecule has 0 spiro atoms. The maximum absolute atomic E-state index is 15.4. The van der Waals surface area contributed by atoms with E-state index in [1.807, 2.05) is 0 Å². The maximum atomic E-state index is 15.4. The molecule has 0 aliphatic carbocycles. The van der Waals surface area contributed by atoms with E-state index >= 15 is 8.78 Å². The van der Waals surface area contributed by atoms with Gasteiger partial charge in [-0.3, -0.25) is 0 Å². The molecule has 0 aliphatic heterocycles. The maximum Gasteiger partial charge on any atom is 0.460 e. The highest BCUT2D eigenvalue weighted by molar-refractivity contribution is 8.33. The zero-order valence-electron chi connectivity index (χ0n) is 25.9. The van der Waals surface area contributed by atoms with Gasteiger partial charge >= 0.3 is 33.4 Å². The van der Waals surface area contributed by atoms with Gasteiger partial charge in [0.05, 0.1) is 0 Å². The zero-order chi connectivity index (χ0) is 34.9. The molecule has 250 valence electrons. The molecule has 45 heavy (non-hydrogen) atoms. The van der Waals surface area contributed by atoms with Gasteiger partial charge < -0.3 is 0 Å². The summed E-state index contributed by atoms with van der Waals surface area (Å²) in [6.07, 6.45) is -7.22. The van der Waals surface area contributed by atoms with Gasteiger partial charge in [0.25, 0.3) is 0 Å². The molecule has 0 aliphatic rings. The van der Waals surface area contributed by atoms with Gasteiger partial charge in [0.1, 0.15) is 0 Å². The van der Waals surface area contributed by atoms with E-state index in [4.69, 9.17) is 3.63 Å². The average Bonchev–Trinajstić information content (AvgIpc) is 2.80. The smallest absolute Gasteiger partial charge is 0.202 e. The van der Waals surface area contributed by atoms with Crippen molar-refractivity contribution in [1.82, 2.24) is 0 Å². The Balaban J connectivity index is 2.69. The quantitative estimate of drug-likeness (QED) is 0.221. The van der Waals surface area contributed by atoms with Gasteiger partial charge in [0, 0.05) is 14.7 Å². The van der Waals surface area contributed by atoms with Crippen molar-refractivity contribution < 1.29 is 51.6 Å². The molecule has 3 rings (SSSR count). The van der Waals surface area contributed by atoms with Crippen LogP contribution in [0.15, 0.2) is 51.1 Å². The monoisotopic (exact) mass is 688 g/mol. The van der Waals surface area contributed by atoms with E-state index in [1.165, 1.54) is 41.5 Å². The number of benzene rings is 3. The molecule has 0 heterocycles. The van der Waals surface area contributed by atoms with Crippen LogP contribution >= 0.6 is 10.3 Å². The summed E-state index contributed by atoms with van der Waals surface area (Å²) in [5, 5.41) is -7.05. The molecular formula is C31H33F9O3S2. The van der Waals surface area contributed by atoms with Crippen molar-refractivity contribution in [1.29, 1.82) is 0 Å². The van der Waals surface area contributed by atoms with Gasteiger partial charge in [-0.25, -0.2) is 3.63 Å². The van der Waals surface area contributed by atoms with Crippen LogP contribution in [-0.2, 0) is 13.7 Å². The number of hydrogen-bond acceptors (Lipinski definition) is 3. The van der Waals surface area contributed by atoms with E-state index in [9.17, 15) is 39.2 Å². The van der Waals surface area contributed by atoms with Crippen LogP contribution in [0.5, 0.6) is 0 Å². The second-order valence-corrected chi connectivity index (χ2v) is 15.7. The van der Waals surface area contributed by atoms with E-state index in [1.54, 1.807) is 57.2 Å². The Labute approximate surface area is 258 Å². The Morgan fingerprint density at radius 3 is 0.933 bits per heavy atom. The van der Waals surface area contributed by atoms with E-state index in [-0.39, 0.29) is 48.1 Å². The Morgan fingerprint density at radius 1 is 0.467 bits per heavy atom. The number of hydrogen-bond donors (Lipinski definition) is 0. The van der Waals surface area contributed by atoms with Crippen molar-refractivity contribution in [3.05, 3.63) is 86.5 Å². The molecule has 3 nitrogen and oxygen atoms in total. The fraction of sp³-hybridized carbons (Fsp3) is 0.419. The Bertz CT molecular complexity index is 1550. The van der Waals surface area contributed by atoms with Gasteiger partial charge in [-0.1, -0.05) is 53.1 Å². The largest absolute Gasteiger partial charge is 0.460 e. The summed E-state index contributed by atoms with van der Waals surface area (Å²) >= 11 is 0. The first-order valence-corrected chi connectivity index (χ1v) is 16.4. The molecule has 0 radical (unpaired) electrons. The van der Waals surface area contributed by atoms with Gasteiger partial charge in [0.2, 0.25) is 0 Å². The van der Waals surface area contributed by atoms with Crippen molar-refractivity contribution in [2.75, 3.05) is 0 Å². The van der Waals surface area contributed by atoms with Crippen LogP contribution in [0.25, 0.3) is 0 Å². The molecule has 0 fully saturated rings. The van der Waals surface area contributed by atoms with Crippen LogP contribution < -0.4 is 0 Å². The summed E-state index contributed by atoms with van der Waals surface area (Å²) in [5.74, 6) is -14.9. The zero-order valence-corrected chi connectivity index (χ0v) is 27.5. The molecule has 0 atom stereocenters. The molecule has 0 aromatic heterocycles. The van der Waals surface area contributed by atoms with Crippen LogP contribution in [0, 0.1) is 62.3 Å². The van der Waals surface area contributed by atoms with E-state index in [2.05, 4.69) is 0 Å². The molecule has 3 aromatic rings. The summed E-state index contributed by atoms with van der Waals surface area (Å²) in [4.78, 5) is -0.0320. The minimum atomic E-state index is -7.46. The first kappa shape index (κ1) is 36.8. The lowest BCUT2D eigenvalue weighted by atomic mass is 10.1. The normalized spacial score (nSPS) is 14.2. The third-order valence-corrected chi connectivity index (χ3v) is 13.4. The predicted octanol–water partition coefficient (Wildman–Crippen LogP) is 10.4. The first-order valence-electron chi connectivity index (χ1n) is 13.4. The van der Waals surface area contributed by atoms with Crippen molar-refractivity contribution >= 4 is 20.4 Å². The van der Waals surface area contributed by atoms with Crippen LogP contribution in [-0.4, -0.2) is 31.7 Å². The van der Waals surface area contributed by atoms with E-state index in [0.717, 1.165) is 0 Å². The fourth-order valence-electron chi connectivity index (χ4n) is 5.96. The second kappa shape index (κ2) is 11.5. The van der Waals surface area contributed by atoms with Crippen LogP contribution in [0.2, 0.25) is 0 Å². The molecule has 14 heteroatoms. The highest BCUT2D eigenvalue weighted by Crippen LogP contribution is 2.75. The summed E-state index contributed by atoms with van der Waals surface area (Å²) in [7, 11) is -11.5. The lowest BCUT2D eigenvalue weighted by molar-refractivity contribution is -0.382. The average molecular weight is 689 g/mol. The lowest BCUT2D eigenvalue weighted by Crippen LogP contribution is -2.63. The molecule has 0 amide bonds. The second-order valence-electron chi connectivity index (χ2n) is 11.4. The first-order chi connectivity index (χ1) is 20.2. The SMILES string of the molecule is Cc1cc(C)c(S(OS(=O)(=O)C(F)(F)C(F)(F)C(F)(F)C(F)(F)F)(c2c(C)cc(C)cc2C)c2c(C)cc(C)cc2C)c(C)c1. The highest BCUT2D eigenvalue weighted by Gasteiger charge is 2.86. The Hall–Kier alpha value is -2.71. The third-order valence-electron chi connectivity index (χ3n) is 7.30. The van der Waals surface area contributed by atoms with Crippen molar-refractivity contribution in [2.45, 2.75) is 100 Å². The third kappa shape index (κ3) is 5.75. The van der Waals surface area contributed by atoms with Crippen molar-refractivity contribution in [3.63, 3.8) is 0 Å². The molecule has 0 unspecified atom stereocenters.